The fourth-order valence-electron chi connectivity index (χ4n) is 2.22. The summed E-state index contributed by atoms with van der Waals surface area (Å²) < 4.78 is 13.9. The van der Waals surface area contributed by atoms with Gasteiger partial charge in [-0.1, -0.05) is 27.5 Å². The molecule has 2 aromatic carbocycles. The number of benzene rings is 2. The average molecular weight is 471 g/mol. The number of halogens is 3. The Balaban J connectivity index is 1.63. The average Bonchev–Trinajstić information content (AvgIpc) is 2.63. The van der Waals surface area contributed by atoms with E-state index in [1.807, 2.05) is 12.1 Å². The number of carbonyl (C=O) groups is 3. The summed E-state index contributed by atoms with van der Waals surface area (Å²) in [6, 6.07) is 10.6. The second-order valence-corrected chi connectivity index (χ2v) is 7.11. The van der Waals surface area contributed by atoms with Crippen LogP contribution in [0.3, 0.4) is 0 Å². The highest BCUT2D eigenvalue weighted by molar-refractivity contribution is 9.10. The van der Waals surface area contributed by atoms with Gasteiger partial charge in [-0.2, -0.15) is 0 Å². The van der Waals surface area contributed by atoms with E-state index in [1.54, 1.807) is 12.1 Å². The Morgan fingerprint density at radius 2 is 1.57 bits per heavy atom. The van der Waals surface area contributed by atoms with Gasteiger partial charge in [0.2, 0.25) is 11.8 Å². The summed E-state index contributed by atoms with van der Waals surface area (Å²) in [6.07, 6.45) is 0.165. The van der Waals surface area contributed by atoms with Crippen LogP contribution in [-0.4, -0.2) is 30.8 Å². The molecule has 2 aromatic rings. The van der Waals surface area contributed by atoms with Gasteiger partial charge in [0.15, 0.2) is 0 Å². The van der Waals surface area contributed by atoms with Crippen molar-refractivity contribution in [2.45, 2.75) is 12.8 Å². The van der Waals surface area contributed by atoms with E-state index in [0.29, 0.717) is 5.69 Å². The smallest absolute Gasteiger partial charge is 0.252 e. The lowest BCUT2D eigenvalue weighted by Crippen LogP contribution is -2.32. The molecule has 0 saturated carbocycles. The summed E-state index contributed by atoms with van der Waals surface area (Å²) in [4.78, 5) is 35.6. The van der Waals surface area contributed by atoms with Crippen LogP contribution in [0.2, 0.25) is 5.02 Å². The molecule has 6 nitrogen and oxygen atoms in total. The van der Waals surface area contributed by atoms with Crippen molar-refractivity contribution in [2.24, 2.45) is 0 Å². The first kappa shape index (κ1) is 21.8. The molecule has 0 aliphatic heterocycles. The molecule has 9 heteroatoms. The van der Waals surface area contributed by atoms with Crippen LogP contribution in [0.5, 0.6) is 0 Å². The third-order valence-corrected chi connectivity index (χ3v) is 4.46. The van der Waals surface area contributed by atoms with Gasteiger partial charge in [-0.3, -0.25) is 14.4 Å². The van der Waals surface area contributed by atoms with Gasteiger partial charge < -0.3 is 16.0 Å². The van der Waals surface area contributed by atoms with Crippen LogP contribution in [0, 0.1) is 5.82 Å². The molecule has 3 N–H and O–H groups in total. The minimum absolute atomic E-state index is 0.00117. The van der Waals surface area contributed by atoms with Crippen molar-refractivity contribution < 1.29 is 18.8 Å². The molecule has 2 rings (SSSR count). The number of carbonyl (C=O) groups excluding carboxylic acids is 3. The second-order valence-electron chi connectivity index (χ2n) is 5.79. The van der Waals surface area contributed by atoms with E-state index >= 15 is 0 Å². The van der Waals surface area contributed by atoms with Gasteiger partial charge in [0, 0.05) is 36.1 Å². The Labute approximate surface area is 175 Å². The largest absolute Gasteiger partial charge is 0.356 e. The van der Waals surface area contributed by atoms with Crippen LogP contribution >= 0.6 is 27.5 Å². The Morgan fingerprint density at radius 1 is 0.929 bits per heavy atom. The summed E-state index contributed by atoms with van der Waals surface area (Å²) in [6.45, 7) is 0.266. The Kier molecular flexibility index (Phi) is 8.41. The zero-order valence-electron chi connectivity index (χ0n) is 14.7. The van der Waals surface area contributed by atoms with Crippen LogP contribution in [0.1, 0.15) is 23.2 Å². The van der Waals surface area contributed by atoms with E-state index in [4.69, 9.17) is 11.6 Å². The van der Waals surface area contributed by atoms with Gasteiger partial charge in [0.05, 0.1) is 10.6 Å². The van der Waals surface area contributed by atoms with Crippen molar-refractivity contribution in [3.8, 4) is 0 Å². The van der Waals surface area contributed by atoms with Gasteiger partial charge >= 0.3 is 0 Å². The highest BCUT2D eigenvalue weighted by Crippen LogP contribution is 2.17. The van der Waals surface area contributed by atoms with E-state index < -0.39 is 11.7 Å². The molecule has 148 valence electrons. The quantitative estimate of drug-likeness (QED) is 0.552. The summed E-state index contributed by atoms with van der Waals surface area (Å²) >= 11 is 9.12. The lowest BCUT2D eigenvalue weighted by Gasteiger charge is -2.08. The van der Waals surface area contributed by atoms with E-state index in [2.05, 4.69) is 31.9 Å². The molecule has 0 atom stereocenters. The van der Waals surface area contributed by atoms with Crippen molar-refractivity contribution in [1.82, 2.24) is 10.6 Å². The maximum absolute atomic E-state index is 13.0. The third kappa shape index (κ3) is 7.28. The van der Waals surface area contributed by atoms with Crippen LogP contribution < -0.4 is 16.0 Å². The highest BCUT2D eigenvalue weighted by atomic mass is 79.9. The van der Waals surface area contributed by atoms with Crippen LogP contribution in [0.15, 0.2) is 46.9 Å². The van der Waals surface area contributed by atoms with Gasteiger partial charge in [-0.05, 0) is 42.5 Å². The molecule has 0 unspecified atom stereocenters. The number of amides is 3. The molecule has 0 heterocycles. The van der Waals surface area contributed by atoms with Crippen LogP contribution in [-0.2, 0) is 9.59 Å². The lowest BCUT2D eigenvalue weighted by molar-refractivity contribution is -0.121. The minimum atomic E-state index is -0.537. The van der Waals surface area contributed by atoms with Crippen molar-refractivity contribution >= 4 is 50.9 Å². The highest BCUT2D eigenvalue weighted by Gasteiger charge is 2.11. The molecule has 0 fully saturated rings. The van der Waals surface area contributed by atoms with Crippen molar-refractivity contribution in [3.05, 3.63) is 63.3 Å². The first-order valence-electron chi connectivity index (χ1n) is 8.40. The maximum atomic E-state index is 13.0. The summed E-state index contributed by atoms with van der Waals surface area (Å²) in [5.74, 6) is -1.56. The van der Waals surface area contributed by atoms with Crippen molar-refractivity contribution in [2.75, 3.05) is 18.4 Å². The van der Waals surface area contributed by atoms with Gasteiger partial charge in [0.1, 0.15) is 5.82 Å². The normalized spacial score (nSPS) is 10.2. The van der Waals surface area contributed by atoms with Gasteiger partial charge in [-0.25, -0.2) is 4.39 Å². The number of rotatable bonds is 8. The molecule has 0 aliphatic carbocycles. The zero-order chi connectivity index (χ0) is 20.5. The first-order valence-corrected chi connectivity index (χ1v) is 9.57. The van der Waals surface area contributed by atoms with E-state index in [0.717, 1.165) is 16.6 Å². The molecule has 28 heavy (non-hydrogen) atoms. The van der Waals surface area contributed by atoms with Gasteiger partial charge in [0.25, 0.3) is 5.91 Å². The van der Waals surface area contributed by atoms with Crippen LogP contribution in [0.4, 0.5) is 10.1 Å². The minimum Gasteiger partial charge on any atom is -0.356 e. The molecular weight excluding hydrogens is 453 g/mol. The van der Waals surface area contributed by atoms with Crippen molar-refractivity contribution in [3.63, 3.8) is 0 Å². The van der Waals surface area contributed by atoms with Crippen molar-refractivity contribution in [1.29, 1.82) is 0 Å². The zero-order valence-corrected chi connectivity index (χ0v) is 17.1. The number of hydrogen-bond acceptors (Lipinski definition) is 3. The molecular formula is C19H18BrClFN3O3. The molecule has 3 amide bonds. The predicted molar refractivity (Wildman–Crippen MR) is 109 cm³/mol. The van der Waals surface area contributed by atoms with E-state index in [-0.39, 0.29) is 48.3 Å². The summed E-state index contributed by atoms with van der Waals surface area (Å²) in [5.41, 5.74) is 0.801. The fraction of sp³-hybridized carbons (Fsp3) is 0.211. The molecule has 0 spiro atoms. The van der Waals surface area contributed by atoms with E-state index in [1.165, 1.54) is 6.07 Å². The summed E-state index contributed by atoms with van der Waals surface area (Å²) in [7, 11) is 0. The third-order valence-electron chi connectivity index (χ3n) is 3.62. The SMILES string of the molecule is O=C(CCNC(=O)c1ccc(F)cc1Cl)NCCC(=O)Nc1ccc(Br)cc1. The Hall–Kier alpha value is -2.45. The fourth-order valence-corrected chi connectivity index (χ4v) is 2.74. The number of anilines is 1. The molecule has 0 bridgehead atoms. The number of nitrogens with one attached hydrogen (secondary N) is 3. The topological polar surface area (TPSA) is 87.3 Å². The molecule has 0 aliphatic rings. The first-order chi connectivity index (χ1) is 13.3. The Bertz CT molecular complexity index is 862. The predicted octanol–water partition coefficient (Wildman–Crippen LogP) is 3.51. The Morgan fingerprint density at radius 3 is 2.25 bits per heavy atom. The maximum Gasteiger partial charge on any atom is 0.252 e. The molecule has 0 saturated heterocycles. The number of hydrogen-bond donors (Lipinski definition) is 3. The standard InChI is InChI=1S/C19H18BrClFN3O3/c20-12-1-4-14(5-2-12)25-18(27)8-9-23-17(26)7-10-24-19(28)15-6-3-13(22)11-16(15)21/h1-6,11H,7-10H2,(H,23,26)(H,24,28)(H,25,27). The van der Waals surface area contributed by atoms with E-state index in [9.17, 15) is 18.8 Å². The van der Waals surface area contributed by atoms with Gasteiger partial charge in [-0.15, -0.1) is 0 Å². The lowest BCUT2D eigenvalue weighted by atomic mass is 10.2. The van der Waals surface area contributed by atoms with Crippen LogP contribution in [0.25, 0.3) is 0 Å². The molecule has 0 aromatic heterocycles. The summed E-state index contributed by atoms with van der Waals surface area (Å²) in [5, 5.41) is 7.86. The monoisotopic (exact) mass is 469 g/mol. The molecule has 0 radical (unpaired) electrons. The second kappa shape index (κ2) is 10.8.